The van der Waals surface area contributed by atoms with Crippen molar-refractivity contribution in [2.75, 3.05) is 37.0 Å². The van der Waals surface area contributed by atoms with Crippen molar-refractivity contribution >= 4 is 94.5 Å². The topological polar surface area (TPSA) is 63.7 Å². The summed E-state index contributed by atoms with van der Waals surface area (Å²) in [5, 5.41) is 23.1. The van der Waals surface area contributed by atoms with E-state index in [4.69, 9.17) is 38.8 Å². The molecule has 0 saturated carbocycles. The van der Waals surface area contributed by atoms with Crippen LogP contribution in [0, 0.1) is 0 Å². The molecule has 2 aromatic carbocycles. The van der Waals surface area contributed by atoms with Crippen molar-refractivity contribution in [3.05, 3.63) is 71.7 Å². The SMILES string of the molecule is CN(CCCCN(C)c1ccc(N=Nc2scc[n+]2C)cc1)c1ccc(N=Nc2scc[n+]2C)cc1.[Cl][Zn-2]([Cl])([Cl])[Cl]. The molecule has 0 bridgehead atoms. The molecule has 0 fully saturated rings. The first-order valence-electron chi connectivity index (χ1n) is 12.9. The molecule has 4 rings (SSSR count). The summed E-state index contributed by atoms with van der Waals surface area (Å²) in [4.78, 5) is 4.57. The summed E-state index contributed by atoms with van der Waals surface area (Å²) in [5.41, 5.74) is 4.08. The van der Waals surface area contributed by atoms with Gasteiger partial charge in [-0.3, -0.25) is 0 Å². The van der Waals surface area contributed by atoms with E-state index < -0.39 is 10.8 Å². The Labute approximate surface area is 268 Å². The van der Waals surface area contributed by atoms with Crippen molar-refractivity contribution in [1.82, 2.24) is 0 Å². The van der Waals surface area contributed by atoms with Crippen molar-refractivity contribution in [2.45, 2.75) is 12.8 Å². The molecule has 0 saturated heterocycles. The first-order valence-corrected chi connectivity index (χ1v) is 30.2. The van der Waals surface area contributed by atoms with Gasteiger partial charge in [-0.1, -0.05) is 0 Å². The molecular weight excluding hydrogens is 696 g/mol. The number of nitrogens with zero attached hydrogens (tertiary/aromatic N) is 8. The first kappa shape index (κ1) is 33.8. The molecule has 15 heteroatoms. The van der Waals surface area contributed by atoms with Crippen molar-refractivity contribution in [1.29, 1.82) is 0 Å². The summed E-state index contributed by atoms with van der Waals surface area (Å²) in [6.45, 7) is 2.00. The van der Waals surface area contributed by atoms with Crippen LogP contribution in [-0.4, -0.2) is 27.2 Å². The zero-order valence-electron chi connectivity index (χ0n) is 23.4. The van der Waals surface area contributed by atoms with Crippen LogP contribution in [0.3, 0.4) is 0 Å². The molecule has 2 heterocycles. The fourth-order valence-electron chi connectivity index (χ4n) is 3.55. The molecule has 2 aromatic heterocycles. The Kier molecular flexibility index (Phi) is 13.8. The molecule has 218 valence electrons. The number of anilines is 2. The number of aryl methyl sites for hydroxylation is 2. The molecule has 41 heavy (non-hydrogen) atoms. The van der Waals surface area contributed by atoms with E-state index >= 15 is 0 Å². The number of rotatable bonds is 11. The van der Waals surface area contributed by atoms with E-state index in [2.05, 4.69) is 68.6 Å². The molecule has 0 aliphatic heterocycles. The molecule has 0 atom stereocenters. The van der Waals surface area contributed by atoms with E-state index in [0.717, 1.165) is 47.6 Å². The van der Waals surface area contributed by atoms with E-state index in [1.807, 2.05) is 70.6 Å². The monoisotopic (exact) mass is 724 g/mol. The predicted molar refractivity (Wildman–Crippen MR) is 171 cm³/mol. The number of aromatic nitrogens is 2. The van der Waals surface area contributed by atoms with Gasteiger partial charge >= 0.3 is 59.8 Å². The minimum atomic E-state index is -3.36. The van der Waals surface area contributed by atoms with Gasteiger partial charge in [-0.15, -0.1) is 0 Å². The molecular formula is C26H32Cl4N8S2Zn. The zero-order valence-corrected chi connectivity index (χ0v) is 31.0. The number of hydrogen-bond acceptors (Lipinski definition) is 8. The van der Waals surface area contributed by atoms with Gasteiger partial charge in [0.25, 0.3) is 0 Å². The summed E-state index contributed by atoms with van der Waals surface area (Å²) in [6.07, 6.45) is 6.18. The number of unbranched alkanes of at least 4 members (excludes halogenated alkanes) is 1. The van der Waals surface area contributed by atoms with Gasteiger partial charge in [0.15, 0.2) is 0 Å². The van der Waals surface area contributed by atoms with Gasteiger partial charge in [-0.05, 0) is 94.3 Å². The first-order chi connectivity index (χ1) is 19.5. The predicted octanol–water partition coefficient (Wildman–Crippen LogP) is 9.40. The Hall–Kier alpha value is -1.72. The van der Waals surface area contributed by atoms with Gasteiger partial charge in [-0.25, -0.2) is 9.13 Å². The maximum atomic E-state index is 5.05. The Morgan fingerprint density at radius 3 is 1.27 bits per heavy atom. The van der Waals surface area contributed by atoms with Gasteiger partial charge in [0.2, 0.25) is 0 Å². The third-order valence-corrected chi connectivity index (χ3v) is 7.52. The standard InChI is InChI=1S/C26H32N8S2.4ClH.Zn/c1-31(23-11-7-21(8-12-23)27-29-25-33(3)17-19-35-25)15-5-6-16-32(2)24-13-9-22(10-14-24)28-30-26-34(4)18-20-36-26;;;;;/h7-14,17-20H,5-6,15-16H2,1-4H3;4*1H;/q+2;;;;;+2/p-4. The van der Waals surface area contributed by atoms with Gasteiger partial charge in [0.05, 0.1) is 24.3 Å². The Balaban J connectivity index is 0.000000850. The van der Waals surface area contributed by atoms with E-state index in [9.17, 15) is 0 Å². The second-order valence-corrected chi connectivity index (χ2v) is 38.7. The maximum absolute atomic E-state index is 5.05. The number of hydrogen-bond donors (Lipinski definition) is 0. The fraction of sp³-hybridized carbons (Fsp3) is 0.308. The quantitative estimate of drug-likeness (QED) is 0.0669. The molecule has 0 radical (unpaired) electrons. The van der Waals surface area contributed by atoms with Crippen LogP contribution in [0.4, 0.5) is 33.0 Å². The molecule has 0 aliphatic rings. The third-order valence-electron chi connectivity index (χ3n) is 5.84. The molecule has 8 nitrogen and oxygen atoms in total. The number of azo groups is 2. The van der Waals surface area contributed by atoms with Crippen LogP contribution in [-0.2, 0) is 24.9 Å². The van der Waals surface area contributed by atoms with Crippen LogP contribution in [0.5, 0.6) is 0 Å². The van der Waals surface area contributed by atoms with Gasteiger partial charge in [0.1, 0.15) is 23.8 Å². The van der Waals surface area contributed by atoms with E-state index in [1.54, 1.807) is 22.7 Å². The number of halogens is 4. The molecule has 0 aliphatic carbocycles. The Morgan fingerprint density at radius 2 is 0.976 bits per heavy atom. The van der Waals surface area contributed by atoms with E-state index in [1.165, 1.54) is 11.4 Å². The molecule has 0 N–H and O–H groups in total. The number of benzene rings is 2. The molecule has 0 amide bonds. The Morgan fingerprint density at radius 1 is 0.634 bits per heavy atom. The van der Waals surface area contributed by atoms with Crippen LogP contribution >= 0.6 is 61.4 Å². The van der Waals surface area contributed by atoms with Crippen molar-refractivity contribution in [3.8, 4) is 0 Å². The summed E-state index contributed by atoms with van der Waals surface area (Å²) in [6, 6.07) is 16.5. The Bertz CT molecular complexity index is 1300. The average Bonchev–Trinajstić information content (AvgIpc) is 3.55. The van der Waals surface area contributed by atoms with Crippen LogP contribution in [0.1, 0.15) is 12.8 Å². The van der Waals surface area contributed by atoms with Crippen molar-refractivity contribution < 1.29 is 19.9 Å². The van der Waals surface area contributed by atoms with E-state index in [0.29, 0.717) is 0 Å². The summed E-state index contributed by atoms with van der Waals surface area (Å²) < 4.78 is 3.92. The van der Waals surface area contributed by atoms with Crippen LogP contribution in [0.25, 0.3) is 0 Å². The summed E-state index contributed by atoms with van der Waals surface area (Å²) >= 11 is 3.15. The molecule has 0 spiro atoms. The minimum absolute atomic E-state index is 0.857. The molecule has 4 aromatic rings. The van der Waals surface area contributed by atoms with Gasteiger partial charge in [0, 0.05) is 49.3 Å². The van der Waals surface area contributed by atoms with Crippen LogP contribution < -0.4 is 18.9 Å². The normalized spacial score (nSPS) is 11.6. The van der Waals surface area contributed by atoms with Gasteiger partial charge in [-0.2, -0.15) is 0 Å². The second kappa shape index (κ2) is 16.8. The summed E-state index contributed by atoms with van der Waals surface area (Å²) in [7, 11) is 25.0. The fourth-order valence-corrected chi connectivity index (χ4v) is 4.91. The van der Waals surface area contributed by atoms with Crippen molar-refractivity contribution in [3.63, 3.8) is 0 Å². The average molecular weight is 728 g/mol. The second-order valence-electron chi connectivity index (χ2n) is 9.18. The summed E-state index contributed by atoms with van der Waals surface area (Å²) in [5.74, 6) is 0. The third kappa shape index (κ3) is 12.6. The van der Waals surface area contributed by atoms with Crippen LogP contribution in [0.2, 0.25) is 0 Å². The molecule has 0 unspecified atom stereocenters. The van der Waals surface area contributed by atoms with Crippen molar-refractivity contribution in [2.24, 2.45) is 34.6 Å². The van der Waals surface area contributed by atoms with E-state index in [-0.39, 0.29) is 0 Å². The van der Waals surface area contributed by atoms with Gasteiger partial charge < -0.3 is 9.80 Å². The zero-order chi connectivity index (χ0) is 29.8. The number of thiazole rings is 2. The van der Waals surface area contributed by atoms with Crippen LogP contribution in [0.15, 0.2) is 92.1 Å².